The zero-order chi connectivity index (χ0) is 19.2. The second-order valence-electron chi connectivity index (χ2n) is 8.12. The lowest BCUT2D eigenvalue weighted by Gasteiger charge is -2.38. The van der Waals surface area contributed by atoms with Gasteiger partial charge in [-0.2, -0.15) is 0 Å². The van der Waals surface area contributed by atoms with Crippen molar-refractivity contribution in [1.29, 1.82) is 0 Å². The van der Waals surface area contributed by atoms with E-state index in [4.69, 9.17) is 0 Å². The largest absolute Gasteiger partial charge is 0.355 e. The van der Waals surface area contributed by atoms with E-state index in [0.29, 0.717) is 25.6 Å². The van der Waals surface area contributed by atoms with Gasteiger partial charge in [0.15, 0.2) is 0 Å². The molecule has 0 atom stereocenters. The molecular formula is C21H33N3O2. The molecule has 1 saturated heterocycles. The van der Waals surface area contributed by atoms with Gasteiger partial charge >= 0.3 is 0 Å². The van der Waals surface area contributed by atoms with E-state index in [2.05, 4.69) is 48.3 Å². The fraction of sp³-hybridized carbons (Fsp3) is 0.619. The van der Waals surface area contributed by atoms with Gasteiger partial charge in [-0.05, 0) is 31.7 Å². The van der Waals surface area contributed by atoms with Crippen LogP contribution in [0.4, 0.5) is 0 Å². The highest BCUT2D eigenvalue weighted by atomic mass is 16.2. The number of hydrogen-bond acceptors (Lipinski definition) is 3. The quantitative estimate of drug-likeness (QED) is 0.761. The van der Waals surface area contributed by atoms with Crippen molar-refractivity contribution in [2.24, 2.45) is 11.3 Å². The van der Waals surface area contributed by atoms with Gasteiger partial charge < -0.3 is 10.2 Å². The molecular weight excluding hydrogens is 326 g/mol. The van der Waals surface area contributed by atoms with E-state index in [1.165, 1.54) is 5.56 Å². The monoisotopic (exact) mass is 359 g/mol. The van der Waals surface area contributed by atoms with Crippen molar-refractivity contribution in [3.05, 3.63) is 35.9 Å². The Kier molecular flexibility index (Phi) is 7.21. The van der Waals surface area contributed by atoms with Crippen molar-refractivity contribution in [3.63, 3.8) is 0 Å². The van der Waals surface area contributed by atoms with Crippen LogP contribution in [0.1, 0.15) is 39.7 Å². The van der Waals surface area contributed by atoms with Gasteiger partial charge in [-0.15, -0.1) is 0 Å². The highest BCUT2D eigenvalue weighted by Gasteiger charge is 2.39. The zero-order valence-electron chi connectivity index (χ0n) is 16.6. The van der Waals surface area contributed by atoms with Crippen LogP contribution < -0.4 is 5.32 Å². The number of rotatable bonds is 7. The molecule has 1 aromatic rings. The fourth-order valence-corrected chi connectivity index (χ4v) is 3.14. The summed E-state index contributed by atoms with van der Waals surface area (Å²) in [6, 6.07) is 10.4. The van der Waals surface area contributed by atoms with Gasteiger partial charge in [0.1, 0.15) is 5.41 Å². The third-order valence-electron chi connectivity index (χ3n) is 5.02. The van der Waals surface area contributed by atoms with Crippen molar-refractivity contribution in [2.45, 2.75) is 40.7 Å². The van der Waals surface area contributed by atoms with Crippen LogP contribution in [0.25, 0.3) is 0 Å². The number of carbonyl (C=O) groups excluding carboxylic acids is 2. The second kappa shape index (κ2) is 9.17. The van der Waals surface area contributed by atoms with Gasteiger partial charge in [-0.1, -0.05) is 44.2 Å². The van der Waals surface area contributed by atoms with Crippen LogP contribution in [0.3, 0.4) is 0 Å². The summed E-state index contributed by atoms with van der Waals surface area (Å²) in [4.78, 5) is 29.5. The lowest BCUT2D eigenvalue weighted by molar-refractivity contribution is -0.149. The molecule has 1 aromatic carbocycles. The Hall–Kier alpha value is -1.88. The first-order valence-corrected chi connectivity index (χ1v) is 9.64. The van der Waals surface area contributed by atoms with E-state index in [1.807, 2.05) is 11.0 Å². The van der Waals surface area contributed by atoms with Crippen LogP contribution in [0.15, 0.2) is 30.3 Å². The summed E-state index contributed by atoms with van der Waals surface area (Å²) in [5, 5.41) is 2.92. The molecule has 0 bridgehead atoms. The summed E-state index contributed by atoms with van der Waals surface area (Å²) in [6.07, 6.45) is 0.925. The number of benzene rings is 1. The van der Waals surface area contributed by atoms with Gasteiger partial charge in [0, 0.05) is 39.3 Å². The summed E-state index contributed by atoms with van der Waals surface area (Å²) in [7, 11) is 0. The highest BCUT2D eigenvalue weighted by Crippen LogP contribution is 2.21. The zero-order valence-corrected chi connectivity index (χ0v) is 16.6. The first kappa shape index (κ1) is 20.4. The van der Waals surface area contributed by atoms with Crippen molar-refractivity contribution in [3.8, 4) is 0 Å². The summed E-state index contributed by atoms with van der Waals surface area (Å²) in [6.45, 7) is 12.3. The Labute approximate surface area is 157 Å². The van der Waals surface area contributed by atoms with Crippen molar-refractivity contribution in [2.75, 3.05) is 32.7 Å². The number of nitrogens with zero attached hydrogens (tertiary/aromatic N) is 2. The molecule has 0 aromatic heterocycles. The standard InChI is InChI=1S/C21H33N3O2/c1-17(2)10-11-22-19(25)21(3,4)20(26)24-14-12-23(13-15-24)16-18-8-6-5-7-9-18/h5-9,17H,10-16H2,1-4H3,(H,22,25). The van der Waals surface area contributed by atoms with Crippen molar-refractivity contribution < 1.29 is 9.59 Å². The first-order chi connectivity index (χ1) is 12.3. The molecule has 1 aliphatic rings. The maximum Gasteiger partial charge on any atom is 0.237 e. The Morgan fingerprint density at radius 1 is 1.08 bits per heavy atom. The number of piperazine rings is 1. The van der Waals surface area contributed by atoms with Crippen LogP contribution in [0, 0.1) is 11.3 Å². The number of nitrogens with one attached hydrogen (secondary N) is 1. The second-order valence-corrected chi connectivity index (χ2v) is 8.12. The molecule has 1 N–H and O–H groups in total. The molecule has 5 heteroatoms. The Morgan fingerprint density at radius 2 is 1.69 bits per heavy atom. The predicted molar refractivity (Wildman–Crippen MR) is 105 cm³/mol. The third-order valence-corrected chi connectivity index (χ3v) is 5.02. The molecule has 1 heterocycles. The molecule has 144 valence electrons. The van der Waals surface area contributed by atoms with Crippen LogP contribution in [-0.2, 0) is 16.1 Å². The minimum Gasteiger partial charge on any atom is -0.355 e. The van der Waals surface area contributed by atoms with Gasteiger partial charge in [0.25, 0.3) is 0 Å². The van der Waals surface area contributed by atoms with E-state index in [1.54, 1.807) is 13.8 Å². The SMILES string of the molecule is CC(C)CCNC(=O)C(C)(C)C(=O)N1CCN(Cc2ccccc2)CC1. The van der Waals surface area contributed by atoms with Gasteiger partial charge in [0.05, 0.1) is 0 Å². The van der Waals surface area contributed by atoms with E-state index < -0.39 is 5.41 Å². The summed E-state index contributed by atoms with van der Waals surface area (Å²) >= 11 is 0. The number of amides is 2. The number of hydrogen-bond donors (Lipinski definition) is 1. The topological polar surface area (TPSA) is 52.7 Å². The molecule has 5 nitrogen and oxygen atoms in total. The molecule has 1 aliphatic heterocycles. The maximum absolute atomic E-state index is 12.9. The third kappa shape index (κ3) is 5.56. The van der Waals surface area contributed by atoms with Crippen LogP contribution in [-0.4, -0.2) is 54.3 Å². The molecule has 0 unspecified atom stereocenters. The Bertz CT molecular complexity index is 591. The van der Waals surface area contributed by atoms with Crippen molar-refractivity contribution >= 4 is 11.8 Å². The summed E-state index contributed by atoms with van der Waals surface area (Å²) in [5.74, 6) is 0.292. The van der Waals surface area contributed by atoms with Gasteiger partial charge in [-0.25, -0.2) is 0 Å². The van der Waals surface area contributed by atoms with E-state index >= 15 is 0 Å². The van der Waals surface area contributed by atoms with Crippen molar-refractivity contribution in [1.82, 2.24) is 15.1 Å². The van der Waals surface area contributed by atoms with Crippen LogP contribution >= 0.6 is 0 Å². The lowest BCUT2D eigenvalue weighted by atomic mass is 9.89. The maximum atomic E-state index is 12.9. The average molecular weight is 360 g/mol. The summed E-state index contributed by atoms with van der Waals surface area (Å²) in [5.41, 5.74) is 0.274. The van der Waals surface area contributed by atoms with Crippen LogP contribution in [0.5, 0.6) is 0 Å². The smallest absolute Gasteiger partial charge is 0.237 e. The Morgan fingerprint density at radius 3 is 2.27 bits per heavy atom. The molecule has 0 spiro atoms. The minimum atomic E-state index is -1.02. The van der Waals surface area contributed by atoms with Gasteiger partial charge in [-0.3, -0.25) is 14.5 Å². The van der Waals surface area contributed by atoms with E-state index in [9.17, 15) is 9.59 Å². The average Bonchev–Trinajstić information content (AvgIpc) is 2.62. The first-order valence-electron chi connectivity index (χ1n) is 9.64. The lowest BCUT2D eigenvalue weighted by Crippen LogP contribution is -2.55. The molecule has 0 radical (unpaired) electrons. The molecule has 2 rings (SSSR count). The van der Waals surface area contributed by atoms with E-state index in [0.717, 1.165) is 26.1 Å². The molecule has 26 heavy (non-hydrogen) atoms. The normalized spacial score (nSPS) is 16.0. The highest BCUT2D eigenvalue weighted by molar-refractivity contribution is 6.04. The molecule has 2 amide bonds. The minimum absolute atomic E-state index is 0.0705. The Balaban J connectivity index is 1.83. The summed E-state index contributed by atoms with van der Waals surface area (Å²) < 4.78 is 0. The fourth-order valence-electron chi connectivity index (χ4n) is 3.14. The predicted octanol–water partition coefficient (Wildman–Crippen LogP) is 2.52. The van der Waals surface area contributed by atoms with Crippen LogP contribution in [0.2, 0.25) is 0 Å². The molecule has 0 aliphatic carbocycles. The molecule has 0 saturated carbocycles. The molecule has 1 fully saturated rings. The van der Waals surface area contributed by atoms with Gasteiger partial charge in [0.2, 0.25) is 11.8 Å². The van der Waals surface area contributed by atoms with E-state index in [-0.39, 0.29) is 11.8 Å². The number of carbonyl (C=O) groups is 2.